The van der Waals surface area contributed by atoms with Gasteiger partial charge in [-0.15, -0.1) is 0 Å². The number of aldehydes is 1. The summed E-state index contributed by atoms with van der Waals surface area (Å²) in [6.07, 6.45) is 6.51. The Morgan fingerprint density at radius 2 is 1.83 bits per heavy atom. The Hall–Kier alpha value is -1.12. The van der Waals surface area contributed by atoms with E-state index in [0.29, 0.717) is 0 Å². The number of hydrogen-bond acceptors (Lipinski definition) is 2. The van der Waals surface area contributed by atoms with Crippen LogP contribution in [0.3, 0.4) is 0 Å². The highest BCUT2D eigenvalue weighted by atomic mass is 16.4. The molecule has 3 aliphatic carbocycles. The molecule has 0 unspecified atom stereocenters. The Balaban J connectivity index is 1.96. The molecule has 0 atom stereocenters. The average Bonchev–Trinajstić information content (AvgIpc) is 1.82. The van der Waals surface area contributed by atoms with Gasteiger partial charge >= 0.3 is 5.97 Å². The third kappa shape index (κ3) is 0.823. The fraction of sp³-hybridized carbons (Fsp3) is 0.556. The lowest BCUT2D eigenvalue weighted by molar-refractivity contribution is -0.172. The molecule has 3 heteroatoms. The number of carbonyl (C=O) groups is 2. The van der Waals surface area contributed by atoms with Crippen LogP contribution in [0.4, 0.5) is 0 Å². The van der Waals surface area contributed by atoms with Crippen LogP contribution in [0.2, 0.25) is 0 Å². The number of carboxylic acid groups (broad SMARTS) is 1. The zero-order valence-electron chi connectivity index (χ0n) is 6.62. The third-order valence-electron chi connectivity index (χ3n) is 2.94. The molecule has 3 fully saturated rings. The van der Waals surface area contributed by atoms with Crippen molar-refractivity contribution in [1.29, 1.82) is 0 Å². The highest BCUT2D eigenvalue weighted by Crippen LogP contribution is 2.72. The predicted molar refractivity (Wildman–Crippen MR) is 41.6 cm³/mol. The minimum Gasteiger partial charge on any atom is -0.478 e. The number of carboxylic acids is 1. The average molecular weight is 166 g/mol. The summed E-state index contributed by atoms with van der Waals surface area (Å²) in [7, 11) is 0. The first kappa shape index (κ1) is 7.53. The highest BCUT2D eigenvalue weighted by molar-refractivity contribution is 5.80. The van der Waals surface area contributed by atoms with Gasteiger partial charge in [0.2, 0.25) is 0 Å². The van der Waals surface area contributed by atoms with Gasteiger partial charge in [0, 0.05) is 11.5 Å². The van der Waals surface area contributed by atoms with Crippen molar-refractivity contribution < 1.29 is 14.7 Å². The lowest BCUT2D eigenvalue weighted by atomic mass is 9.36. The second-order valence-corrected chi connectivity index (χ2v) is 4.04. The molecule has 0 radical (unpaired) electrons. The Morgan fingerprint density at radius 3 is 2.25 bits per heavy atom. The molecule has 3 nitrogen and oxygen atoms in total. The largest absolute Gasteiger partial charge is 0.478 e. The number of rotatable bonds is 3. The van der Waals surface area contributed by atoms with Gasteiger partial charge in [-0.1, -0.05) is 6.08 Å². The van der Waals surface area contributed by atoms with Crippen LogP contribution in [0.5, 0.6) is 0 Å². The second-order valence-electron chi connectivity index (χ2n) is 4.04. The van der Waals surface area contributed by atoms with E-state index in [0.717, 1.165) is 25.5 Å². The highest BCUT2D eigenvalue weighted by Gasteiger charge is 2.66. The number of allylic oxidation sites excluding steroid dienone is 1. The second kappa shape index (κ2) is 1.97. The van der Waals surface area contributed by atoms with E-state index in [-0.39, 0.29) is 10.8 Å². The van der Waals surface area contributed by atoms with Crippen molar-refractivity contribution in [2.45, 2.75) is 19.3 Å². The molecule has 0 aromatic heterocycles. The smallest absolute Gasteiger partial charge is 0.327 e. The van der Waals surface area contributed by atoms with Gasteiger partial charge in [0.05, 0.1) is 0 Å². The van der Waals surface area contributed by atoms with E-state index in [1.165, 1.54) is 6.08 Å². The van der Waals surface area contributed by atoms with Crippen LogP contribution < -0.4 is 0 Å². The lowest BCUT2D eigenvalue weighted by Gasteiger charge is -2.67. The van der Waals surface area contributed by atoms with E-state index in [2.05, 4.69) is 0 Å². The maximum absolute atomic E-state index is 10.5. The predicted octanol–water partition coefficient (Wildman–Crippen LogP) is 0.996. The summed E-state index contributed by atoms with van der Waals surface area (Å²) in [6.45, 7) is 0. The van der Waals surface area contributed by atoms with Gasteiger partial charge in [-0.2, -0.15) is 0 Å². The molecule has 0 saturated heterocycles. The standard InChI is InChI=1S/C9H10O3/c10-6-9-3-8(4-9,5-9)2-1-7(11)12/h1-2,6H,3-5H2,(H,11,12)/b2-1+. The quantitative estimate of drug-likeness (QED) is 0.502. The van der Waals surface area contributed by atoms with Crippen molar-refractivity contribution in [2.75, 3.05) is 0 Å². The Bertz CT molecular complexity index is 258. The molecule has 3 saturated carbocycles. The fourth-order valence-corrected chi connectivity index (χ4v) is 2.50. The van der Waals surface area contributed by atoms with E-state index in [4.69, 9.17) is 5.11 Å². The Labute approximate surface area is 70.1 Å². The molecular weight excluding hydrogens is 156 g/mol. The van der Waals surface area contributed by atoms with Crippen LogP contribution >= 0.6 is 0 Å². The van der Waals surface area contributed by atoms with Gasteiger partial charge in [0.25, 0.3) is 0 Å². The number of carbonyl (C=O) groups excluding carboxylic acids is 1. The normalized spacial score (nSPS) is 43.3. The van der Waals surface area contributed by atoms with Crippen LogP contribution in [0.1, 0.15) is 19.3 Å². The summed E-state index contributed by atoms with van der Waals surface area (Å²) in [6, 6.07) is 0. The number of hydrogen-bond donors (Lipinski definition) is 1. The summed E-state index contributed by atoms with van der Waals surface area (Å²) in [5.41, 5.74) is 0.00213. The molecule has 1 N–H and O–H groups in total. The van der Waals surface area contributed by atoms with Crippen LogP contribution in [-0.4, -0.2) is 17.4 Å². The molecular formula is C9H10O3. The SMILES string of the molecule is O=CC12CC(/C=C/C(=O)O)(C1)C2. The zero-order chi connectivity index (χ0) is 8.82. The summed E-state index contributed by atoms with van der Waals surface area (Å²) in [4.78, 5) is 20.7. The molecule has 0 aromatic carbocycles. The first-order chi connectivity index (χ1) is 5.60. The molecule has 64 valence electrons. The molecule has 0 aromatic rings. The van der Waals surface area contributed by atoms with Gasteiger partial charge in [-0.25, -0.2) is 4.79 Å². The summed E-state index contributed by atoms with van der Waals surface area (Å²) < 4.78 is 0. The van der Waals surface area contributed by atoms with E-state index >= 15 is 0 Å². The summed E-state index contributed by atoms with van der Waals surface area (Å²) >= 11 is 0. The summed E-state index contributed by atoms with van der Waals surface area (Å²) in [5, 5.41) is 8.38. The van der Waals surface area contributed by atoms with Crippen molar-refractivity contribution >= 4 is 12.3 Å². The van der Waals surface area contributed by atoms with E-state index in [1.807, 2.05) is 0 Å². The van der Waals surface area contributed by atoms with Crippen LogP contribution in [0.15, 0.2) is 12.2 Å². The molecule has 12 heavy (non-hydrogen) atoms. The first-order valence-corrected chi connectivity index (χ1v) is 3.98. The number of aliphatic carboxylic acids is 1. The molecule has 0 amide bonds. The molecule has 0 heterocycles. The monoisotopic (exact) mass is 166 g/mol. The minimum atomic E-state index is -0.903. The Kier molecular flexibility index (Phi) is 1.24. The minimum absolute atomic E-state index is 0.0666. The van der Waals surface area contributed by atoms with Crippen LogP contribution in [0, 0.1) is 10.8 Å². The summed E-state index contributed by atoms with van der Waals surface area (Å²) in [5.74, 6) is -0.903. The van der Waals surface area contributed by atoms with Crippen molar-refractivity contribution in [1.82, 2.24) is 0 Å². The zero-order valence-corrected chi connectivity index (χ0v) is 6.62. The van der Waals surface area contributed by atoms with Crippen molar-refractivity contribution in [2.24, 2.45) is 10.8 Å². The topological polar surface area (TPSA) is 54.4 Å². The molecule has 0 aliphatic heterocycles. The molecule has 3 rings (SSSR count). The van der Waals surface area contributed by atoms with Crippen LogP contribution in [0.25, 0.3) is 0 Å². The maximum Gasteiger partial charge on any atom is 0.327 e. The van der Waals surface area contributed by atoms with Gasteiger partial charge in [0.1, 0.15) is 6.29 Å². The van der Waals surface area contributed by atoms with Gasteiger partial charge in [-0.05, 0) is 24.7 Å². The van der Waals surface area contributed by atoms with Gasteiger partial charge in [-0.3, -0.25) is 0 Å². The third-order valence-corrected chi connectivity index (χ3v) is 2.94. The van der Waals surface area contributed by atoms with E-state index in [9.17, 15) is 9.59 Å². The molecule has 3 aliphatic rings. The molecule has 0 spiro atoms. The van der Waals surface area contributed by atoms with Crippen molar-refractivity contribution in [3.8, 4) is 0 Å². The van der Waals surface area contributed by atoms with Crippen molar-refractivity contribution in [3.63, 3.8) is 0 Å². The van der Waals surface area contributed by atoms with E-state index in [1.54, 1.807) is 6.08 Å². The van der Waals surface area contributed by atoms with Gasteiger partial charge < -0.3 is 9.90 Å². The molecule has 2 bridgehead atoms. The maximum atomic E-state index is 10.5. The first-order valence-electron chi connectivity index (χ1n) is 3.98. The fourth-order valence-electron chi connectivity index (χ4n) is 2.50. The van der Waals surface area contributed by atoms with E-state index < -0.39 is 5.97 Å². The van der Waals surface area contributed by atoms with Crippen molar-refractivity contribution in [3.05, 3.63) is 12.2 Å². The van der Waals surface area contributed by atoms with Gasteiger partial charge in [0.15, 0.2) is 0 Å². The Morgan fingerprint density at radius 1 is 1.25 bits per heavy atom. The van der Waals surface area contributed by atoms with Crippen LogP contribution in [-0.2, 0) is 9.59 Å². The lowest BCUT2D eigenvalue weighted by Crippen LogP contribution is -2.61.